The van der Waals surface area contributed by atoms with Gasteiger partial charge in [0.05, 0.1) is 0 Å². The summed E-state index contributed by atoms with van der Waals surface area (Å²) in [5, 5.41) is 12.6. The number of hydrogen-bond acceptors (Lipinski definition) is 2. The first-order valence-electron chi connectivity index (χ1n) is 5.98. The van der Waals surface area contributed by atoms with Crippen molar-refractivity contribution in [3.63, 3.8) is 0 Å². The molecule has 0 heterocycles. The molecule has 0 aromatic rings. The highest BCUT2D eigenvalue weighted by Gasteiger charge is 2.41. The molecule has 1 aliphatic carbocycles. The van der Waals surface area contributed by atoms with Crippen molar-refractivity contribution in [1.29, 1.82) is 0 Å². The van der Waals surface area contributed by atoms with Crippen LogP contribution in [0.4, 0.5) is 0 Å². The molecule has 0 aliphatic heterocycles. The van der Waals surface area contributed by atoms with Crippen molar-refractivity contribution in [2.24, 2.45) is 11.3 Å². The molecule has 1 unspecified atom stereocenters. The Morgan fingerprint density at radius 2 is 2.00 bits per heavy atom. The maximum absolute atomic E-state index is 8.95. The van der Waals surface area contributed by atoms with Crippen molar-refractivity contribution in [3.05, 3.63) is 0 Å². The molecule has 1 aliphatic rings. The van der Waals surface area contributed by atoms with Crippen molar-refractivity contribution in [3.8, 4) is 0 Å². The number of aliphatic hydroxyl groups is 1. The number of nitrogens with one attached hydrogen (secondary N) is 1. The summed E-state index contributed by atoms with van der Waals surface area (Å²) in [6, 6.07) is 0.645. The zero-order chi connectivity index (χ0) is 10.6. The molecular weight excluding hydrogens is 174 g/mol. The lowest BCUT2D eigenvalue weighted by atomic mass is 9.98. The van der Waals surface area contributed by atoms with Crippen LogP contribution in [0.25, 0.3) is 0 Å². The van der Waals surface area contributed by atoms with Gasteiger partial charge in [-0.1, -0.05) is 20.8 Å². The molecule has 2 nitrogen and oxygen atoms in total. The minimum Gasteiger partial charge on any atom is -0.396 e. The fourth-order valence-corrected chi connectivity index (χ4v) is 2.13. The van der Waals surface area contributed by atoms with E-state index >= 15 is 0 Å². The van der Waals surface area contributed by atoms with E-state index in [1.165, 1.54) is 19.3 Å². The molecule has 84 valence electrons. The van der Waals surface area contributed by atoms with Crippen LogP contribution in [0.3, 0.4) is 0 Å². The lowest BCUT2D eigenvalue weighted by molar-refractivity contribution is 0.237. The zero-order valence-corrected chi connectivity index (χ0v) is 9.84. The Bertz CT molecular complexity index is 164. The van der Waals surface area contributed by atoms with Crippen LogP contribution in [0.2, 0.25) is 0 Å². The summed E-state index contributed by atoms with van der Waals surface area (Å²) in [4.78, 5) is 0. The molecule has 1 atom stereocenters. The van der Waals surface area contributed by atoms with E-state index in [0.717, 1.165) is 13.0 Å². The zero-order valence-electron chi connectivity index (χ0n) is 9.84. The van der Waals surface area contributed by atoms with E-state index in [0.29, 0.717) is 24.0 Å². The third-order valence-corrected chi connectivity index (χ3v) is 3.58. The van der Waals surface area contributed by atoms with Gasteiger partial charge >= 0.3 is 0 Å². The van der Waals surface area contributed by atoms with Crippen LogP contribution in [0, 0.1) is 11.3 Å². The molecule has 2 heteroatoms. The summed E-state index contributed by atoms with van der Waals surface area (Å²) in [6.07, 6.45) is 4.78. The molecule has 0 bridgehead atoms. The predicted molar refractivity (Wildman–Crippen MR) is 60.3 cm³/mol. The van der Waals surface area contributed by atoms with Gasteiger partial charge in [-0.25, -0.2) is 0 Å². The van der Waals surface area contributed by atoms with Gasteiger partial charge in [-0.3, -0.25) is 0 Å². The predicted octanol–water partition coefficient (Wildman–Crippen LogP) is 2.17. The van der Waals surface area contributed by atoms with E-state index in [1.807, 2.05) is 0 Å². The van der Waals surface area contributed by atoms with Crippen LogP contribution in [-0.4, -0.2) is 24.3 Å². The van der Waals surface area contributed by atoms with E-state index in [2.05, 4.69) is 26.1 Å². The first-order chi connectivity index (χ1) is 6.63. The van der Waals surface area contributed by atoms with Crippen LogP contribution in [0.5, 0.6) is 0 Å². The summed E-state index contributed by atoms with van der Waals surface area (Å²) in [7, 11) is 0. The fourth-order valence-electron chi connectivity index (χ4n) is 2.13. The average molecular weight is 199 g/mol. The van der Waals surface area contributed by atoms with Gasteiger partial charge in [-0.2, -0.15) is 0 Å². The summed E-state index contributed by atoms with van der Waals surface area (Å²) in [5.74, 6) is 0.713. The molecule has 1 fully saturated rings. The second kappa shape index (κ2) is 5.13. The maximum atomic E-state index is 8.95. The second-order valence-electron chi connectivity index (χ2n) is 5.11. The van der Waals surface area contributed by atoms with Gasteiger partial charge < -0.3 is 10.4 Å². The summed E-state index contributed by atoms with van der Waals surface area (Å²) in [5.41, 5.74) is 0.455. The smallest absolute Gasteiger partial charge is 0.0436 e. The Balaban J connectivity index is 2.24. The quantitative estimate of drug-likeness (QED) is 0.658. The highest BCUT2D eigenvalue weighted by Crippen LogP contribution is 2.48. The summed E-state index contributed by atoms with van der Waals surface area (Å²) < 4.78 is 0. The molecule has 0 amide bonds. The molecule has 0 radical (unpaired) electrons. The first-order valence-corrected chi connectivity index (χ1v) is 5.98. The molecule has 0 spiro atoms. The Labute approximate surface area is 88.1 Å². The molecular formula is C12H25NO. The van der Waals surface area contributed by atoms with Crippen LogP contribution in [-0.2, 0) is 0 Å². The van der Waals surface area contributed by atoms with Crippen LogP contribution < -0.4 is 5.32 Å². The molecule has 1 saturated carbocycles. The highest BCUT2D eigenvalue weighted by molar-refractivity contribution is 4.95. The lowest BCUT2D eigenvalue weighted by Gasteiger charge is -2.24. The first kappa shape index (κ1) is 12.0. The summed E-state index contributed by atoms with van der Waals surface area (Å²) >= 11 is 0. The van der Waals surface area contributed by atoms with Gasteiger partial charge in [0.1, 0.15) is 0 Å². The van der Waals surface area contributed by atoms with Gasteiger partial charge in [0.15, 0.2) is 0 Å². The Morgan fingerprint density at radius 1 is 1.36 bits per heavy atom. The number of rotatable bonds is 7. The fraction of sp³-hybridized carbons (Fsp3) is 1.00. The SMILES string of the molecule is CCC(NCC1(CCO)CC1)C(C)C. The average Bonchev–Trinajstić information content (AvgIpc) is 2.86. The van der Waals surface area contributed by atoms with Crippen molar-refractivity contribution in [1.82, 2.24) is 5.32 Å². The van der Waals surface area contributed by atoms with Gasteiger partial charge in [-0.05, 0) is 37.0 Å². The number of aliphatic hydroxyl groups excluding tert-OH is 1. The van der Waals surface area contributed by atoms with Gasteiger partial charge in [0.25, 0.3) is 0 Å². The second-order valence-corrected chi connectivity index (χ2v) is 5.11. The van der Waals surface area contributed by atoms with E-state index in [1.54, 1.807) is 0 Å². The maximum Gasteiger partial charge on any atom is 0.0436 e. The van der Waals surface area contributed by atoms with Gasteiger partial charge in [0, 0.05) is 19.2 Å². The molecule has 1 rings (SSSR count). The Morgan fingerprint density at radius 3 is 2.36 bits per heavy atom. The monoisotopic (exact) mass is 199 g/mol. The lowest BCUT2D eigenvalue weighted by Crippen LogP contribution is -2.37. The third-order valence-electron chi connectivity index (χ3n) is 3.58. The summed E-state index contributed by atoms with van der Waals surface area (Å²) in [6.45, 7) is 8.23. The van der Waals surface area contributed by atoms with E-state index < -0.39 is 0 Å². The van der Waals surface area contributed by atoms with Crippen molar-refractivity contribution in [2.75, 3.05) is 13.2 Å². The normalized spacial score (nSPS) is 21.2. The van der Waals surface area contributed by atoms with Crippen molar-refractivity contribution >= 4 is 0 Å². The standard InChI is InChI=1S/C12H25NO/c1-4-11(10(2)3)13-9-12(5-6-12)7-8-14/h10-11,13-14H,4-9H2,1-3H3. The van der Waals surface area contributed by atoms with E-state index in [4.69, 9.17) is 5.11 Å². The van der Waals surface area contributed by atoms with E-state index in [9.17, 15) is 0 Å². The molecule has 2 N–H and O–H groups in total. The molecule has 0 aromatic carbocycles. The molecule has 0 aromatic heterocycles. The molecule has 14 heavy (non-hydrogen) atoms. The Kier molecular flexibility index (Phi) is 4.39. The van der Waals surface area contributed by atoms with Crippen molar-refractivity contribution in [2.45, 2.75) is 52.5 Å². The largest absolute Gasteiger partial charge is 0.396 e. The van der Waals surface area contributed by atoms with Crippen LogP contribution in [0.1, 0.15) is 46.5 Å². The highest BCUT2D eigenvalue weighted by atomic mass is 16.3. The van der Waals surface area contributed by atoms with Crippen LogP contribution in [0.15, 0.2) is 0 Å². The minimum absolute atomic E-state index is 0.347. The minimum atomic E-state index is 0.347. The van der Waals surface area contributed by atoms with Gasteiger partial charge in [0.2, 0.25) is 0 Å². The van der Waals surface area contributed by atoms with Crippen molar-refractivity contribution < 1.29 is 5.11 Å². The third kappa shape index (κ3) is 3.25. The number of hydrogen-bond donors (Lipinski definition) is 2. The topological polar surface area (TPSA) is 32.3 Å². The van der Waals surface area contributed by atoms with E-state index in [-0.39, 0.29) is 0 Å². The van der Waals surface area contributed by atoms with Crippen LogP contribution >= 0.6 is 0 Å². The Hall–Kier alpha value is -0.0800. The molecule has 0 saturated heterocycles. The van der Waals surface area contributed by atoms with Gasteiger partial charge in [-0.15, -0.1) is 0 Å².